The van der Waals surface area contributed by atoms with Crippen LogP contribution in [0.2, 0.25) is 0 Å². The quantitative estimate of drug-likeness (QED) is 0.165. The molecule has 2 heterocycles. The maximum absolute atomic E-state index is 7.24. The van der Waals surface area contributed by atoms with E-state index in [-0.39, 0.29) is 0 Å². The first-order valence-corrected chi connectivity index (χ1v) is 20.0. The molecule has 12 rings (SSSR count). The van der Waals surface area contributed by atoms with Crippen LogP contribution >= 0.6 is 11.3 Å². The highest BCUT2D eigenvalue weighted by Crippen LogP contribution is 2.53. The number of hydrogen-bond donors (Lipinski definition) is 0. The predicted octanol–water partition coefficient (Wildman–Crippen LogP) is 16.1. The van der Waals surface area contributed by atoms with Crippen molar-refractivity contribution in [3.8, 4) is 44.7 Å². The number of fused-ring (bicyclic) bond motifs is 9. The van der Waals surface area contributed by atoms with E-state index >= 15 is 0 Å². The molecule has 260 valence electrons. The largest absolute Gasteiger partial charge is 0.455 e. The molecule has 0 fully saturated rings. The van der Waals surface area contributed by atoms with E-state index in [4.69, 9.17) is 4.42 Å². The molecule has 0 N–H and O–H groups in total. The van der Waals surface area contributed by atoms with Gasteiger partial charge in [-0.25, -0.2) is 0 Å². The van der Waals surface area contributed by atoms with E-state index < -0.39 is 0 Å². The summed E-state index contributed by atoms with van der Waals surface area (Å²) in [4.78, 5) is 0. The van der Waals surface area contributed by atoms with Crippen molar-refractivity contribution in [3.05, 3.63) is 194 Å². The zero-order chi connectivity index (χ0) is 36.7. The van der Waals surface area contributed by atoms with Crippen LogP contribution in [0.1, 0.15) is 0 Å². The van der Waals surface area contributed by atoms with Crippen LogP contribution in [0.5, 0.6) is 0 Å². The molecule has 56 heavy (non-hydrogen) atoms. The fraction of sp³-hybridized carbons (Fsp3) is 0. The van der Waals surface area contributed by atoms with E-state index in [0.717, 1.165) is 33.4 Å². The Morgan fingerprint density at radius 2 is 0.857 bits per heavy atom. The average Bonchev–Trinajstić information content (AvgIpc) is 3.84. The van der Waals surface area contributed by atoms with Crippen LogP contribution in [-0.2, 0) is 0 Å². The lowest BCUT2D eigenvalue weighted by atomic mass is 9.85. The lowest BCUT2D eigenvalue weighted by Gasteiger charge is -2.18. The van der Waals surface area contributed by atoms with Crippen LogP contribution in [0.25, 0.3) is 119 Å². The summed E-state index contributed by atoms with van der Waals surface area (Å²) in [5.74, 6) is 0.895. The summed E-state index contributed by atoms with van der Waals surface area (Å²) in [6.45, 7) is 0. The first-order chi connectivity index (χ1) is 27.8. The SMILES string of the molecule is c1ccc(-c2c(-c3ccc4ccccc4c3)oc3cc(-c4c5ccccc5c(-c5ccc6ccccc6c5)c5ccccc45)c4sc5ccccc5c4c23)cc1. The zero-order valence-electron chi connectivity index (χ0n) is 30.3. The highest BCUT2D eigenvalue weighted by atomic mass is 32.1. The normalized spacial score (nSPS) is 11.9. The summed E-state index contributed by atoms with van der Waals surface area (Å²) in [5.41, 5.74) is 9.18. The van der Waals surface area contributed by atoms with Gasteiger partial charge in [0.2, 0.25) is 0 Å². The van der Waals surface area contributed by atoms with Gasteiger partial charge in [0.25, 0.3) is 0 Å². The van der Waals surface area contributed by atoms with Crippen LogP contribution in [0.4, 0.5) is 0 Å². The van der Waals surface area contributed by atoms with E-state index in [2.05, 4.69) is 194 Å². The lowest BCUT2D eigenvalue weighted by Crippen LogP contribution is -1.91. The van der Waals surface area contributed by atoms with E-state index in [0.29, 0.717) is 0 Å². The molecular formula is C54H32OS. The van der Waals surface area contributed by atoms with Crippen molar-refractivity contribution >= 4 is 85.6 Å². The Morgan fingerprint density at radius 1 is 0.339 bits per heavy atom. The van der Waals surface area contributed by atoms with Crippen molar-refractivity contribution in [3.63, 3.8) is 0 Å². The van der Waals surface area contributed by atoms with Gasteiger partial charge in [-0.1, -0.05) is 170 Å². The van der Waals surface area contributed by atoms with Gasteiger partial charge in [-0.3, -0.25) is 0 Å². The minimum absolute atomic E-state index is 0.893. The van der Waals surface area contributed by atoms with Gasteiger partial charge in [0, 0.05) is 42.2 Å². The fourth-order valence-corrected chi connectivity index (χ4v) is 10.4. The molecule has 2 heteroatoms. The molecule has 0 aliphatic carbocycles. The first kappa shape index (κ1) is 31.4. The van der Waals surface area contributed by atoms with Crippen molar-refractivity contribution in [1.82, 2.24) is 0 Å². The lowest BCUT2D eigenvalue weighted by molar-refractivity contribution is 0.633. The van der Waals surface area contributed by atoms with Gasteiger partial charge in [-0.2, -0.15) is 0 Å². The molecule has 10 aromatic carbocycles. The number of hydrogen-bond acceptors (Lipinski definition) is 2. The molecule has 12 aromatic rings. The van der Waals surface area contributed by atoms with E-state index in [1.54, 1.807) is 0 Å². The number of thiophene rings is 1. The molecule has 0 aliphatic rings. The van der Waals surface area contributed by atoms with Crippen molar-refractivity contribution in [2.75, 3.05) is 0 Å². The molecule has 0 spiro atoms. The first-order valence-electron chi connectivity index (χ1n) is 19.2. The summed E-state index contributed by atoms with van der Waals surface area (Å²) < 4.78 is 9.78. The Bertz CT molecular complexity index is 3470. The number of benzene rings is 10. The highest BCUT2D eigenvalue weighted by Gasteiger charge is 2.26. The fourth-order valence-electron chi connectivity index (χ4n) is 9.15. The van der Waals surface area contributed by atoms with Gasteiger partial charge in [0.1, 0.15) is 11.3 Å². The van der Waals surface area contributed by atoms with Crippen LogP contribution in [-0.4, -0.2) is 0 Å². The summed E-state index contributed by atoms with van der Waals surface area (Å²) in [7, 11) is 0. The van der Waals surface area contributed by atoms with Gasteiger partial charge in [-0.05, 0) is 89.6 Å². The van der Waals surface area contributed by atoms with E-state index in [1.807, 2.05) is 11.3 Å². The minimum atomic E-state index is 0.893. The maximum atomic E-state index is 7.24. The smallest absolute Gasteiger partial charge is 0.143 e. The summed E-state index contributed by atoms with van der Waals surface area (Å²) in [5, 5.41) is 13.5. The standard InChI is InChI=1S/C54H32OS/c1-2-16-35(17-3-1)49-52-46(55-53(49)39-29-27-34-15-5-7-19-37(34)31-39)32-45(54-51(52)44-24-12-13-25-47(44)56-54)50-42-22-10-8-20-40(42)48(41-21-9-11-23-43(41)50)38-28-26-33-14-4-6-18-36(33)30-38/h1-32H. The Kier molecular flexibility index (Phi) is 6.87. The molecule has 0 radical (unpaired) electrons. The third-order valence-electron chi connectivity index (χ3n) is 11.6. The highest BCUT2D eigenvalue weighted by molar-refractivity contribution is 7.26. The van der Waals surface area contributed by atoms with Crippen LogP contribution in [0.15, 0.2) is 199 Å². The average molecular weight is 729 g/mol. The van der Waals surface area contributed by atoms with E-state index in [1.165, 1.54) is 85.5 Å². The Hall–Kier alpha value is -7.00. The van der Waals surface area contributed by atoms with Crippen molar-refractivity contribution in [2.45, 2.75) is 0 Å². The Balaban J connectivity index is 1.23. The molecule has 2 aromatic heterocycles. The second kappa shape index (κ2) is 12.3. The molecule has 0 atom stereocenters. The van der Waals surface area contributed by atoms with Gasteiger partial charge in [0.05, 0.1) is 0 Å². The number of rotatable bonds is 4. The summed E-state index contributed by atoms with van der Waals surface area (Å²) >= 11 is 1.89. The van der Waals surface area contributed by atoms with Crippen molar-refractivity contribution in [1.29, 1.82) is 0 Å². The molecular weight excluding hydrogens is 697 g/mol. The van der Waals surface area contributed by atoms with Gasteiger partial charge >= 0.3 is 0 Å². The Labute approximate surface area is 327 Å². The van der Waals surface area contributed by atoms with E-state index in [9.17, 15) is 0 Å². The topological polar surface area (TPSA) is 13.1 Å². The number of furan rings is 1. The van der Waals surface area contributed by atoms with Crippen LogP contribution < -0.4 is 0 Å². The molecule has 0 amide bonds. The zero-order valence-corrected chi connectivity index (χ0v) is 31.1. The molecule has 0 saturated heterocycles. The third-order valence-corrected chi connectivity index (χ3v) is 12.8. The minimum Gasteiger partial charge on any atom is -0.455 e. The summed E-state index contributed by atoms with van der Waals surface area (Å²) in [6.07, 6.45) is 0. The third kappa shape index (κ3) is 4.67. The predicted molar refractivity (Wildman–Crippen MR) is 241 cm³/mol. The molecule has 1 nitrogen and oxygen atoms in total. The van der Waals surface area contributed by atoms with Crippen LogP contribution in [0, 0.1) is 0 Å². The monoisotopic (exact) mass is 728 g/mol. The molecule has 0 bridgehead atoms. The second-order valence-corrected chi connectivity index (χ2v) is 15.8. The van der Waals surface area contributed by atoms with Gasteiger partial charge < -0.3 is 4.42 Å². The molecule has 0 saturated carbocycles. The molecule has 0 aliphatic heterocycles. The maximum Gasteiger partial charge on any atom is 0.143 e. The van der Waals surface area contributed by atoms with Gasteiger partial charge in [-0.15, -0.1) is 11.3 Å². The Morgan fingerprint density at radius 3 is 1.52 bits per heavy atom. The summed E-state index contributed by atoms with van der Waals surface area (Å²) in [6, 6.07) is 70.7. The molecule has 0 unspecified atom stereocenters. The second-order valence-electron chi connectivity index (χ2n) is 14.7. The van der Waals surface area contributed by atoms with Crippen LogP contribution in [0.3, 0.4) is 0 Å². The van der Waals surface area contributed by atoms with Gasteiger partial charge in [0.15, 0.2) is 0 Å². The van der Waals surface area contributed by atoms with Crippen molar-refractivity contribution < 1.29 is 4.42 Å². The van der Waals surface area contributed by atoms with Crippen molar-refractivity contribution in [2.24, 2.45) is 0 Å².